The fourth-order valence-electron chi connectivity index (χ4n) is 4.33. The van der Waals surface area contributed by atoms with Gasteiger partial charge < -0.3 is 10.2 Å². The Labute approximate surface area is 159 Å². The highest BCUT2D eigenvalue weighted by atomic mass is 15.3. The summed E-state index contributed by atoms with van der Waals surface area (Å²) in [5.74, 6) is 1.00. The molecule has 0 unspecified atom stereocenters. The highest BCUT2D eigenvalue weighted by Crippen LogP contribution is 2.30. The molecule has 0 aliphatic carbocycles. The van der Waals surface area contributed by atoms with Gasteiger partial charge in [-0.25, -0.2) is 9.50 Å². The quantitative estimate of drug-likeness (QED) is 0.666. The molecular formula is C21H26N6. The number of rotatable bonds is 0. The summed E-state index contributed by atoms with van der Waals surface area (Å²) in [5.41, 5.74) is 5.61. The van der Waals surface area contributed by atoms with Crippen LogP contribution in [0.15, 0.2) is 36.7 Å². The Balaban J connectivity index is 1.64. The zero-order valence-corrected chi connectivity index (χ0v) is 16.0. The molecule has 140 valence electrons. The molecule has 1 fully saturated rings. The lowest BCUT2D eigenvalue weighted by Gasteiger charge is -2.28. The molecule has 0 saturated carbocycles. The average Bonchev–Trinajstić information content (AvgIpc) is 3.31. The summed E-state index contributed by atoms with van der Waals surface area (Å²) >= 11 is 0. The summed E-state index contributed by atoms with van der Waals surface area (Å²) in [6.45, 7) is 6.40. The van der Waals surface area contributed by atoms with Crippen molar-refractivity contribution in [1.29, 1.82) is 0 Å². The van der Waals surface area contributed by atoms with E-state index in [2.05, 4.69) is 58.5 Å². The molecule has 0 spiro atoms. The van der Waals surface area contributed by atoms with E-state index in [0.717, 1.165) is 36.7 Å². The van der Waals surface area contributed by atoms with Crippen LogP contribution in [-0.2, 0) is 0 Å². The maximum atomic E-state index is 4.95. The average molecular weight is 362 g/mol. The number of nitrogens with one attached hydrogen (secondary N) is 1. The third-order valence-electron chi connectivity index (χ3n) is 6.04. The monoisotopic (exact) mass is 362 g/mol. The van der Waals surface area contributed by atoms with Crippen LogP contribution in [0.3, 0.4) is 0 Å². The first-order chi connectivity index (χ1) is 13.2. The van der Waals surface area contributed by atoms with E-state index >= 15 is 0 Å². The van der Waals surface area contributed by atoms with Crippen molar-refractivity contribution in [3.8, 4) is 11.1 Å². The van der Waals surface area contributed by atoms with Crippen LogP contribution in [0.5, 0.6) is 0 Å². The number of aryl methyl sites for hydroxylation is 1. The molecule has 1 atom stereocenters. The highest BCUT2D eigenvalue weighted by Gasteiger charge is 2.25. The molecule has 2 aliphatic rings. The van der Waals surface area contributed by atoms with Gasteiger partial charge in [0.05, 0.1) is 6.20 Å². The number of benzene rings is 1. The summed E-state index contributed by atoms with van der Waals surface area (Å²) in [6, 6.07) is 9.28. The highest BCUT2D eigenvalue weighted by molar-refractivity contribution is 5.81. The minimum atomic E-state index is 0.605. The summed E-state index contributed by atoms with van der Waals surface area (Å²) in [6.07, 6.45) is 6.51. The Morgan fingerprint density at radius 2 is 2.04 bits per heavy atom. The topological polar surface area (TPSA) is 48.7 Å². The molecular weight excluding hydrogens is 336 g/mol. The van der Waals surface area contributed by atoms with Crippen molar-refractivity contribution in [2.24, 2.45) is 0 Å². The predicted molar refractivity (Wildman–Crippen MR) is 110 cm³/mol. The maximum Gasteiger partial charge on any atom is 0.165 e. The van der Waals surface area contributed by atoms with Crippen LogP contribution in [-0.4, -0.2) is 58.8 Å². The Kier molecular flexibility index (Phi) is 4.01. The molecule has 0 radical (unpaired) electrons. The van der Waals surface area contributed by atoms with Gasteiger partial charge in [0, 0.05) is 50.2 Å². The lowest BCUT2D eigenvalue weighted by Crippen LogP contribution is -2.40. The van der Waals surface area contributed by atoms with Crippen molar-refractivity contribution in [1.82, 2.24) is 19.5 Å². The van der Waals surface area contributed by atoms with Gasteiger partial charge in [-0.05, 0) is 55.6 Å². The van der Waals surface area contributed by atoms with E-state index in [0.29, 0.717) is 6.04 Å². The van der Waals surface area contributed by atoms with E-state index < -0.39 is 0 Å². The van der Waals surface area contributed by atoms with E-state index in [-0.39, 0.29) is 0 Å². The van der Waals surface area contributed by atoms with Crippen LogP contribution >= 0.6 is 0 Å². The molecule has 1 aromatic carbocycles. The minimum Gasteiger partial charge on any atom is -0.383 e. The maximum absolute atomic E-state index is 4.95. The van der Waals surface area contributed by atoms with Crippen LogP contribution in [0, 0.1) is 6.92 Å². The van der Waals surface area contributed by atoms with Gasteiger partial charge in [0.1, 0.15) is 5.82 Å². The van der Waals surface area contributed by atoms with Gasteiger partial charge in [-0.2, -0.15) is 5.10 Å². The Morgan fingerprint density at radius 1 is 1.11 bits per heavy atom. The molecule has 4 bridgehead atoms. The molecule has 0 amide bonds. The molecule has 5 rings (SSSR count). The van der Waals surface area contributed by atoms with Gasteiger partial charge in [0.2, 0.25) is 0 Å². The number of anilines is 2. The Hall–Kier alpha value is -2.60. The smallest absolute Gasteiger partial charge is 0.165 e. The number of nitrogens with zero attached hydrogens (tertiary/aromatic N) is 5. The van der Waals surface area contributed by atoms with E-state index in [1.54, 1.807) is 0 Å². The molecule has 4 heterocycles. The van der Waals surface area contributed by atoms with Gasteiger partial charge in [0.15, 0.2) is 5.65 Å². The number of fused-ring (bicyclic) bond motifs is 5. The second-order valence-corrected chi connectivity index (χ2v) is 7.78. The zero-order valence-electron chi connectivity index (χ0n) is 16.0. The Morgan fingerprint density at radius 3 is 2.96 bits per heavy atom. The summed E-state index contributed by atoms with van der Waals surface area (Å²) in [7, 11) is 2.13. The minimum absolute atomic E-state index is 0.605. The van der Waals surface area contributed by atoms with Crippen LogP contribution in [0.4, 0.5) is 11.5 Å². The van der Waals surface area contributed by atoms with Gasteiger partial charge in [-0.1, -0.05) is 6.07 Å². The fourth-order valence-corrected chi connectivity index (χ4v) is 4.33. The SMILES string of the molecule is Cc1ccc2cc1-c1cnn3ccc(nc13)N(C)CCN1CCC[C@H]1CN2. The summed E-state index contributed by atoms with van der Waals surface area (Å²) < 4.78 is 1.87. The predicted octanol–water partition coefficient (Wildman–Crippen LogP) is 3.03. The van der Waals surface area contributed by atoms with Gasteiger partial charge in [-0.15, -0.1) is 0 Å². The molecule has 2 aromatic heterocycles. The van der Waals surface area contributed by atoms with Gasteiger partial charge in [-0.3, -0.25) is 4.90 Å². The second kappa shape index (κ2) is 6.53. The number of aromatic nitrogens is 3. The Bertz CT molecular complexity index is 978. The first kappa shape index (κ1) is 16.6. The second-order valence-electron chi connectivity index (χ2n) is 7.78. The van der Waals surface area contributed by atoms with E-state index in [4.69, 9.17) is 4.98 Å². The number of hydrogen-bond acceptors (Lipinski definition) is 5. The zero-order chi connectivity index (χ0) is 18.4. The third kappa shape index (κ3) is 2.94. The normalized spacial score (nSPS) is 20.5. The van der Waals surface area contributed by atoms with Gasteiger partial charge >= 0.3 is 0 Å². The van der Waals surface area contributed by atoms with Crippen molar-refractivity contribution in [3.63, 3.8) is 0 Å². The third-order valence-corrected chi connectivity index (χ3v) is 6.04. The molecule has 6 nitrogen and oxygen atoms in total. The number of likely N-dealkylation sites (N-methyl/N-ethyl adjacent to an activating group) is 1. The van der Waals surface area contributed by atoms with Crippen LogP contribution < -0.4 is 10.2 Å². The van der Waals surface area contributed by atoms with Crippen molar-refractivity contribution >= 4 is 17.2 Å². The van der Waals surface area contributed by atoms with Crippen molar-refractivity contribution in [3.05, 3.63) is 42.2 Å². The lowest BCUT2D eigenvalue weighted by molar-refractivity contribution is 0.269. The van der Waals surface area contributed by atoms with Crippen LogP contribution in [0.25, 0.3) is 16.8 Å². The molecule has 27 heavy (non-hydrogen) atoms. The van der Waals surface area contributed by atoms with Crippen molar-refractivity contribution in [2.45, 2.75) is 25.8 Å². The molecule has 1 N–H and O–H groups in total. The van der Waals surface area contributed by atoms with Crippen molar-refractivity contribution in [2.75, 3.05) is 43.4 Å². The molecule has 6 heteroatoms. The molecule has 3 aromatic rings. The number of hydrogen-bond donors (Lipinski definition) is 1. The first-order valence-corrected chi connectivity index (χ1v) is 9.83. The van der Waals surface area contributed by atoms with Crippen molar-refractivity contribution < 1.29 is 0 Å². The fraction of sp³-hybridized carbons (Fsp3) is 0.429. The van der Waals surface area contributed by atoms with E-state index in [1.165, 1.54) is 36.2 Å². The standard InChI is InChI=1S/C21H26N6/c1-15-5-6-16-12-18(15)19-14-23-27-9-7-20(24-21(19)27)25(2)10-11-26-8-3-4-17(26)13-22-16/h5-7,9,12,14,17,22H,3-4,8,10-11,13H2,1-2H3/t17-/m0/s1. The summed E-state index contributed by atoms with van der Waals surface area (Å²) in [5, 5.41) is 8.20. The largest absolute Gasteiger partial charge is 0.383 e. The van der Waals surface area contributed by atoms with Crippen LogP contribution in [0.1, 0.15) is 18.4 Å². The lowest BCUT2D eigenvalue weighted by atomic mass is 10.0. The van der Waals surface area contributed by atoms with E-state index in [9.17, 15) is 0 Å². The van der Waals surface area contributed by atoms with Gasteiger partial charge in [0.25, 0.3) is 0 Å². The molecule has 1 saturated heterocycles. The van der Waals surface area contributed by atoms with Crippen LogP contribution in [0.2, 0.25) is 0 Å². The first-order valence-electron chi connectivity index (χ1n) is 9.83. The summed E-state index contributed by atoms with van der Waals surface area (Å²) in [4.78, 5) is 9.83. The van der Waals surface area contributed by atoms with E-state index in [1.807, 2.05) is 16.9 Å². The molecule has 2 aliphatic heterocycles.